The highest BCUT2D eigenvalue weighted by atomic mass is 16.5. The van der Waals surface area contributed by atoms with E-state index in [0.717, 1.165) is 13.2 Å². The van der Waals surface area contributed by atoms with Crippen LogP contribution in [-0.4, -0.2) is 23.8 Å². The number of aryl methyl sites for hydroxylation is 1. The fourth-order valence-corrected chi connectivity index (χ4v) is 2.63. The molecule has 2 heterocycles. The zero-order valence-electron chi connectivity index (χ0n) is 10.3. The third-order valence-electron chi connectivity index (χ3n) is 3.44. The minimum Gasteiger partial charge on any atom is -0.378 e. The van der Waals surface area contributed by atoms with Crippen LogP contribution in [0.1, 0.15) is 18.5 Å². The van der Waals surface area contributed by atoms with E-state index in [1.807, 2.05) is 0 Å². The molecule has 17 heavy (non-hydrogen) atoms. The quantitative estimate of drug-likeness (QED) is 0.813. The van der Waals surface area contributed by atoms with Gasteiger partial charge in [-0.15, -0.1) is 0 Å². The molecule has 1 N–H and O–H groups in total. The van der Waals surface area contributed by atoms with E-state index < -0.39 is 0 Å². The van der Waals surface area contributed by atoms with E-state index >= 15 is 0 Å². The van der Waals surface area contributed by atoms with E-state index in [1.165, 1.54) is 16.5 Å². The number of benzene rings is 1. The van der Waals surface area contributed by atoms with Crippen LogP contribution in [0.3, 0.4) is 0 Å². The number of para-hydroxylation sites is 1. The highest BCUT2D eigenvalue weighted by molar-refractivity contribution is 5.84. The average molecular weight is 230 g/mol. The standard InChI is InChI=1S/C14H18N2O/c1-10-8-17-9-13(15-10)12-7-16(2)14-6-4-3-5-11(12)14/h3-7,10,13,15H,8-9H2,1-2H3. The van der Waals surface area contributed by atoms with E-state index in [1.54, 1.807) is 0 Å². The number of nitrogens with zero attached hydrogens (tertiary/aromatic N) is 1. The van der Waals surface area contributed by atoms with Crippen LogP contribution >= 0.6 is 0 Å². The Morgan fingerprint density at radius 3 is 2.94 bits per heavy atom. The summed E-state index contributed by atoms with van der Waals surface area (Å²) < 4.78 is 7.82. The smallest absolute Gasteiger partial charge is 0.0663 e. The fraction of sp³-hybridized carbons (Fsp3) is 0.429. The molecule has 2 atom stereocenters. The van der Waals surface area contributed by atoms with Gasteiger partial charge in [0.25, 0.3) is 0 Å². The van der Waals surface area contributed by atoms with Crippen LogP contribution in [0.25, 0.3) is 10.9 Å². The number of rotatable bonds is 1. The van der Waals surface area contributed by atoms with Gasteiger partial charge in [0.15, 0.2) is 0 Å². The minimum absolute atomic E-state index is 0.310. The highest BCUT2D eigenvalue weighted by Gasteiger charge is 2.22. The maximum atomic E-state index is 5.64. The van der Waals surface area contributed by atoms with Crippen LogP contribution in [0, 0.1) is 0 Å². The van der Waals surface area contributed by atoms with Crippen LogP contribution in [0.15, 0.2) is 30.5 Å². The van der Waals surface area contributed by atoms with Crippen molar-refractivity contribution in [3.8, 4) is 0 Å². The van der Waals surface area contributed by atoms with Gasteiger partial charge in [-0.3, -0.25) is 0 Å². The first-order valence-corrected chi connectivity index (χ1v) is 6.13. The van der Waals surface area contributed by atoms with Crippen LogP contribution in [0.5, 0.6) is 0 Å². The van der Waals surface area contributed by atoms with Crippen molar-refractivity contribution in [2.45, 2.75) is 19.0 Å². The molecule has 3 nitrogen and oxygen atoms in total. The zero-order valence-corrected chi connectivity index (χ0v) is 10.3. The van der Waals surface area contributed by atoms with Gasteiger partial charge in [-0.25, -0.2) is 0 Å². The number of nitrogens with one attached hydrogen (secondary N) is 1. The summed E-state index contributed by atoms with van der Waals surface area (Å²) in [6.45, 7) is 3.73. The molecule has 1 aliphatic rings. The van der Waals surface area contributed by atoms with Gasteiger partial charge in [0, 0.05) is 30.2 Å². The highest BCUT2D eigenvalue weighted by Crippen LogP contribution is 2.27. The second-order valence-corrected chi connectivity index (χ2v) is 4.87. The van der Waals surface area contributed by atoms with E-state index in [0.29, 0.717) is 12.1 Å². The molecule has 2 unspecified atom stereocenters. The molecule has 1 aromatic carbocycles. The van der Waals surface area contributed by atoms with E-state index in [9.17, 15) is 0 Å². The van der Waals surface area contributed by atoms with Gasteiger partial charge in [0.1, 0.15) is 0 Å². The molecule has 1 saturated heterocycles. The molecule has 0 saturated carbocycles. The second-order valence-electron chi connectivity index (χ2n) is 4.87. The zero-order chi connectivity index (χ0) is 11.8. The summed E-state index contributed by atoms with van der Waals surface area (Å²) in [5, 5.41) is 4.92. The van der Waals surface area contributed by atoms with Crippen molar-refractivity contribution >= 4 is 10.9 Å². The average Bonchev–Trinajstić information content (AvgIpc) is 2.68. The molecule has 1 fully saturated rings. The van der Waals surface area contributed by atoms with Crippen molar-refractivity contribution in [3.63, 3.8) is 0 Å². The Bertz CT molecular complexity index is 532. The molecule has 0 radical (unpaired) electrons. The van der Waals surface area contributed by atoms with Gasteiger partial charge in [-0.05, 0) is 18.6 Å². The third-order valence-corrected chi connectivity index (χ3v) is 3.44. The van der Waals surface area contributed by atoms with Crippen molar-refractivity contribution in [2.24, 2.45) is 7.05 Å². The largest absolute Gasteiger partial charge is 0.378 e. The Labute approximate surface area is 101 Å². The summed E-state index contributed by atoms with van der Waals surface area (Å²) in [6.07, 6.45) is 2.21. The van der Waals surface area contributed by atoms with Crippen molar-refractivity contribution in [2.75, 3.05) is 13.2 Å². The third kappa shape index (κ3) is 1.85. The monoisotopic (exact) mass is 230 g/mol. The molecular weight excluding hydrogens is 212 g/mol. The number of aromatic nitrogens is 1. The van der Waals surface area contributed by atoms with Crippen LogP contribution in [0.4, 0.5) is 0 Å². The maximum absolute atomic E-state index is 5.64. The van der Waals surface area contributed by atoms with Gasteiger partial charge in [0.2, 0.25) is 0 Å². The van der Waals surface area contributed by atoms with Crippen LogP contribution in [0.2, 0.25) is 0 Å². The van der Waals surface area contributed by atoms with Crippen LogP contribution in [-0.2, 0) is 11.8 Å². The van der Waals surface area contributed by atoms with Gasteiger partial charge >= 0.3 is 0 Å². The summed E-state index contributed by atoms with van der Waals surface area (Å²) in [5.74, 6) is 0. The van der Waals surface area contributed by atoms with Crippen molar-refractivity contribution in [1.82, 2.24) is 9.88 Å². The summed E-state index contributed by atoms with van der Waals surface area (Å²) >= 11 is 0. The summed E-state index contributed by atoms with van der Waals surface area (Å²) in [6, 6.07) is 9.26. The molecule has 0 spiro atoms. The lowest BCUT2D eigenvalue weighted by Gasteiger charge is -2.28. The molecule has 1 aliphatic heterocycles. The summed E-state index contributed by atoms with van der Waals surface area (Å²) in [4.78, 5) is 0. The van der Waals surface area contributed by atoms with Crippen molar-refractivity contribution in [3.05, 3.63) is 36.0 Å². The number of hydrogen-bond donors (Lipinski definition) is 1. The van der Waals surface area contributed by atoms with Gasteiger partial charge in [-0.1, -0.05) is 18.2 Å². The molecule has 0 amide bonds. The number of ether oxygens (including phenoxy) is 1. The topological polar surface area (TPSA) is 26.2 Å². The first-order chi connectivity index (χ1) is 8.25. The Morgan fingerprint density at radius 2 is 2.12 bits per heavy atom. The molecule has 3 rings (SSSR count). The molecule has 0 bridgehead atoms. The van der Waals surface area contributed by atoms with E-state index in [2.05, 4.69) is 54.3 Å². The molecule has 2 aromatic rings. The Balaban J connectivity index is 2.05. The second kappa shape index (κ2) is 4.17. The predicted octanol–water partition coefficient (Wildman–Crippen LogP) is 2.23. The molecule has 90 valence electrons. The molecular formula is C14H18N2O. The fourth-order valence-electron chi connectivity index (χ4n) is 2.63. The first-order valence-electron chi connectivity index (χ1n) is 6.13. The van der Waals surface area contributed by atoms with Gasteiger partial charge < -0.3 is 14.6 Å². The Morgan fingerprint density at radius 1 is 1.29 bits per heavy atom. The van der Waals surface area contributed by atoms with Crippen LogP contribution < -0.4 is 5.32 Å². The number of fused-ring (bicyclic) bond motifs is 1. The lowest BCUT2D eigenvalue weighted by atomic mass is 10.0. The SMILES string of the molecule is CC1COCC(c2cn(C)c3ccccc23)N1. The number of morpholine rings is 1. The molecule has 3 heteroatoms. The van der Waals surface area contributed by atoms with Crippen molar-refractivity contribution < 1.29 is 4.74 Å². The van der Waals surface area contributed by atoms with Crippen molar-refractivity contribution in [1.29, 1.82) is 0 Å². The minimum atomic E-state index is 0.310. The number of hydrogen-bond acceptors (Lipinski definition) is 2. The first kappa shape index (κ1) is 10.8. The maximum Gasteiger partial charge on any atom is 0.0663 e. The molecule has 1 aromatic heterocycles. The lowest BCUT2D eigenvalue weighted by molar-refractivity contribution is 0.0507. The summed E-state index contributed by atoms with van der Waals surface area (Å²) in [7, 11) is 2.10. The normalized spacial score (nSPS) is 25.3. The Kier molecular flexibility index (Phi) is 2.65. The molecule has 0 aliphatic carbocycles. The lowest BCUT2D eigenvalue weighted by Crippen LogP contribution is -2.41. The predicted molar refractivity (Wildman–Crippen MR) is 69.1 cm³/mol. The Hall–Kier alpha value is -1.32. The van der Waals surface area contributed by atoms with E-state index in [4.69, 9.17) is 4.74 Å². The van der Waals surface area contributed by atoms with Gasteiger partial charge in [-0.2, -0.15) is 0 Å². The summed E-state index contributed by atoms with van der Waals surface area (Å²) in [5.41, 5.74) is 2.62. The van der Waals surface area contributed by atoms with E-state index in [-0.39, 0.29) is 0 Å². The van der Waals surface area contributed by atoms with Gasteiger partial charge in [0.05, 0.1) is 19.3 Å².